The molecule has 0 radical (unpaired) electrons. The van der Waals surface area contributed by atoms with E-state index >= 15 is 0 Å². The third kappa shape index (κ3) is 2.09. The van der Waals surface area contributed by atoms with Gasteiger partial charge in [0.2, 0.25) is 5.60 Å². The number of aliphatic hydroxyl groups excluding tert-OH is 1. The molecule has 0 bridgehead atoms. The topological polar surface area (TPSA) is 147 Å². The molecule has 0 saturated carbocycles. The highest BCUT2D eigenvalue weighted by atomic mass is 16.7. The molecule has 1 fully saturated rings. The lowest BCUT2D eigenvalue weighted by Gasteiger charge is -2.54. The summed E-state index contributed by atoms with van der Waals surface area (Å²) >= 11 is 0. The molecule has 22 heavy (non-hydrogen) atoms. The average Bonchev–Trinajstić information content (AvgIpc) is 2.38. The summed E-state index contributed by atoms with van der Waals surface area (Å²) in [6.45, 7) is 2.43. The first-order valence-electron chi connectivity index (χ1n) is 6.37. The normalized spacial score (nSPS) is 38.2. The quantitative estimate of drug-likeness (QED) is 0.494. The van der Waals surface area contributed by atoms with Gasteiger partial charge in [0, 0.05) is 13.8 Å². The van der Waals surface area contributed by atoms with Crippen molar-refractivity contribution in [2.45, 2.75) is 50.8 Å². The number of carbonyl (C=O) groups excluding carboxylic acids is 4. The van der Waals surface area contributed by atoms with Crippen LogP contribution in [0.15, 0.2) is 0 Å². The summed E-state index contributed by atoms with van der Waals surface area (Å²) in [5.41, 5.74) is -6.18. The van der Waals surface area contributed by atoms with E-state index in [1.165, 1.54) is 0 Å². The van der Waals surface area contributed by atoms with Crippen molar-refractivity contribution in [2.75, 3.05) is 6.61 Å². The van der Waals surface area contributed by atoms with Gasteiger partial charge in [-0.1, -0.05) is 0 Å². The second-order valence-corrected chi connectivity index (χ2v) is 5.18. The summed E-state index contributed by atoms with van der Waals surface area (Å²) in [6.07, 6.45) is -2.01. The van der Waals surface area contributed by atoms with Crippen LogP contribution in [0.5, 0.6) is 0 Å². The third-order valence-corrected chi connectivity index (χ3v) is 3.75. The number of hydrogen-bond acceptors (Lipinski definition) is 9. The number of hydrogen-bond donors (Lipinski definition) is 3. The molecule has 1 heterocycles. The van der Waals surface area contributed by atoms with Gasteiger partial charge in [-0.05, 0) is 13.8 Å². The number of aliphatic hydroxyl groups is 3. The SMILES string of the molecule is CC(=O)O[C@]1(C(C)=O)C(O)(C(C)=O)OC[C@@H](O)[C@]1(O)C(C)=O. The van der Waals surface area contributed by atoms with Gasteiger partial charge in [0.15, 0.2) is 17.3 Å². The minimum Gasteiger partial charge on any atom is -0.441 e. The van der Waals surface area contributed by atoms with Crippen molar-refractivity contribution >= 4 is 23.3 Å². The average molecular weight is 318 g/mol. The molecule has 0 spiro atoms. The lowest BCUT2D eigenvalue weighted by atomic mass is 9.66. The fraction of sp³-hybridized carbons (Fsp3) is 0.692. The van der Waals surface area contributed by atoms with Crippen LogP contribution >= 0.6 is 0 Å². The molecule has 9 nitrogen and oxygen atoms in total. The predicted molar refractivity (Wildman–Crippen MR) is 68.4 cm³/mol. The van der Waals surface area contributed by atoms with Crippen molar-refractivity contribution in [3.8, 4) is 0 Å². The molecule has 124 valence electrons. The highest BCUT2D eigenvalue weighted by Crippen LogP contribution is 2.45. The molecule has 0 aromatic heterocycles. The number of ketones is 3. The molecule has 4 atom stereocenters. The van der Waals surface area contributed by atoms with E-state index in [0.29, 0.717) is 0 Å². The van der Waals surface area contributed by atoms with Crippen LogP contribution in [-0.4, -0.2) is 68.3 Å². The van der Waals surface area contributed by atoms with Crippen LogP contribution in [0.1, 0.15) is 27.7 Å². The molecule has 1 unspecified atom stereocenters. The van der Waals surface area contributed by atoms with E-state index in [0.717, 1.165) is 27.7 Å². The minimum atomic E-state index is -3.12. The molecule has 1 aliphatic heterocycles. The van der Waals surface area contributed by atoms with Gasteiger partial charge in [-0.15, -0.1) is 0 Å². The first-order valence-corrected chi connectivity index (χ1v) is 6.37. The summed E-state index contributed by atoms with van der Waals surface area (Å²) < 4.78 is 9.56. The molecule has 0 aromatic rings. The van der Waals surface area contributed by atoms with Gasteiger partial charge in [0.25, 0.3) is 11.4 Å². The Labute approximate surface area is 125 Å². The fourth-order valence-corrected chi connectivity index (χ4v) is 2.69. The van der Waals surface area contributed by atoms with Crippen LogP contribution in [0.4, 0.5) is 0 Å². The van der Waals surface area contributed by atoms with Crippen LogP contribution in [0.2, 0.25) is 0 Å². The molecule has 9 heteroatoms. The van der Waals surface area contributed by atoms with E-state index in [-0.39, 0.29) is 0 Å². The molecule has 0 amide bonds. The van der Waals surface area contributed by atoms with Crippen molar-refractivity contribution < 1.29 is 44.0 Å². The van der Waals surface area contributed by atoms with E-state index in [9.17, 15) is 34.5 Å². The molecular weight excluding hydrogens is 300 g/mol. The molecule has 1 rings (SSSR count). The Balaban J connectivity index is 3.85. The summed E-state index contributed by atoms with van der Waals surface area (Å²) in [5, 5.41) is 31.1. The minimum absolute atomic E-state index is 0.784. The number of rotatable bonds is 4. The molecule has 1 saturated heterocycles. The lowest BCUT2D eigenvalue weighted by molar-refractivity contribution is -0.353. The van der Waals surface area contributed by atoms with Crippen LogP contribution in [-0.2, 0) is 28.7 Å². The van der Waals surface area contributed by atoms with E-state index in [1.54, 1.807) is 0 Å². The fourth-order valence-electron chi connectivity index (χ4n) is 2.69. The van der Waals surface area contributed by atoms with Crippen molar-refractivity contribution in [2.24, 2.45) is 0 Å². The number of ether oxygens (including phenoxy) is 2. The van der Waals surface area contributed by atoms with E-state index in [2.05, 4.69) is 0 Å². The van der Waals surface area contributed by atoms with Crippen molar-refractivity contribution in [3.63, 3.8) is 0 Å². The highest BCUT2D eigenvalue weighted by Gasteiger charge is 2.78. The van der Waals surface area contributed by atoms with Gasteiger partial charge in [-0.3, -0.25) is 19.2 Å². The molecule has 0 aromatic carbocycles. The van der Waals surface area contributed by atoms with Gasteiger partial charge >= 0.3 is 5.97 Å². The number of carbonyl (C=O) groups is 4. The zero-order valence-electron chi connectivity index (χ0n) is 12.6. The van der Waals surface area contributed by atoms with Crippen molar-refractivity contribution in [1.29, 1.82) is 0 Å². The van der Waals surface area contributed by atoms with Crippen molar-refractivity contribution in [3.05, 3.63) is 0 Å². The summed E-state index contributed by atoms with van der Waals surface area (Å²) in [6, 6.07) is 0. The smallest absolute Gasteiger partial charge is 0.303 e. The van der Waals surface area contributed by atoms with Gasteiger partial charge in [-0.25, -0.2) is 0 Å². The van der Waals surface area contributed by atoms with Gasteiger partial charge in [-0.2, -0.15) is 0 Å². The van der Waals surface area contributed by atoms with Crippen molar-refractivity contribution in [1.82, 2.24) is 0 Å². The largest absolute Gasteiger partial charge is 0.441 e. The molecule has 3 N–H and O–H groups in total. The van der Waals surface area contributed by atoms with Crippen LogP contribution in [0.3, 0.4) is 0 Å². The second kappa shape index (κ2) is 5.51. The van der Waals surface area contributed by atoms with E-state index < -0.39 is 53.0 Å². The van der Waals surface area contributed by atoms with Crippen LogP contribution < -0.4 is 0 Å². The Bertz CT molecular complexity index is 542. The maximum absolute atomic E-state index is 12.1. The number of esters is 1. The van der Waals surface area contributed by atoms with Gasteiger partial charge in [0.1, 0.15) is 6.10 Å². The zero-order chi connectivity index (χ0) is 17.5. The second-order valence-electron chi connectivity index (χ2n) is 5.18. The molecule has 0 aliphatic carbocycles. The Morgan fingerprint density at radius 2 is 1.50 bits per heavy atom. The first-order chi connectivity index (χ1) is 9.87. The summed E-state index contributed by atoms with van der Waals surface area (Å²) in [4.78, 5) is 47.3. The van der Waals surface area contributed by atoms with Gasteiger partial charge in [0.05, 0.1) is 6.61 Å². The lowest BCUT2D eigenvalue weighted by Crippen LogP contribution is -2.84. The third-order valence-electron chi connectivity index (χ3n) is 3.75. The van der Waals surface area contributed by atoms with Crippen LogP contribution in [0.25, 0.3) is 0 Å². The van der Waals surface area contributed by atoms with Crippen LogP contribution in [0, 0.1) is 0 Å². The number of Topliss-reactive ketones (excluding diaryl/α,β-unsaturated/α-hetero) is 3. The Morgan fingerprint density at radius 3 is 1.82 bits per heavy atom. The Hall–Kier alpha value is -1.68. The predicted octanol–water partition coefficient (Wildman–Crippen LogP) is -2.13. The highest BCUT2D eigenvalue weighted by molar-refractivity contribution is 6.05. The maximum atomic E-state index is 12.1. The monoisotopic (exact) mass is 318 g/mol. The van der Waals surface area contributed by atoms with E-state index in [4.69, 9.17) is 9.47 Å². The van der Waals surface area contributed by atoms with E-state index in [1.807, 2.05) is 0 Å². The Morgan fingerprint density at radius 1 is 1.00 bits per heavy atom. The zero-order valence-corrected chi connectivity index (χ0v) is 12.6. The molecule has 1 aliphatic rings. The Kier molecular flexibility index (Phi) is 4.60. The molecular formula is C13H18O9. The van der Waals surface area contributed by atoms with Gasteiger partial charge < -0.3 is 24.8 Å². The summed E-state index contributed by atoms with van der Waals surface area (Å²) in [7, 11) is 0. The standard InChI is InChI=1S/C13H18O9/c1-6(14)11(19)10(18)5-21-13(20,8(3)16)12(11,7(2)15)22-9(4)17/h10,18-20H,5H2,1-4H3/t10-,11-,12+,13?/m1/s1. The summed E-state index contributed by atoms with van der Waals surface area (Å²) in [5.74, 6) is -7.90. The first kappa shape index (κ1) is 18.4. The maximum Gasteiger partial charge on any atom is 0.303 e.